The lowest BCUT2D eigenvalue weighted by atomic mass is 9.68. The Morgan fingerprint density at radius 3 is 1.61 bits per heavy atom. The van der Waals surface area contributed by atoms with Gasteiger partial charge in [-0.2, -0.15) is 0 Å². The fourth-order valence-corrected chi connectivity index (χ4v) is 2.51. The Morgan fingerprint density at radius 1 is 0.913 bits per heavy atom. The number of hydrogen-bond acceptors (Lipinski definition) is 0. The molecule has 0 saturated heterocycles. The van der Waals surface area contributed by atoms with Gasteiger partial charge in [0.05, 0.1) is 0 Å². The summed E-state index contributed by atoms with van der Waals surface area (Å²) in [5.74, 6) is 0.846. The van der Waals surface area contributed by atoms with E-state index in [1.165, 1.54) is 57.8 Å². The van der Waals surface area contributed by atoms with E-state index < -0.39 is 0 Å². The van der Waals surface area contributed by atoms with E-state index in [9.17, 15) is 0 Å². The molecule has 0 radical (unpaired) electrons. The summed E-state index contributed by atoms with van der Waals surface area (Å²) >= 11 is 0. The predicted octanol–water partition coefficient (Wildman–Crippen LogP) is 9.22. The van der Waals surface area contributed by atoms with Gasteiger partial charge in [-0.1, -0.05) is 106 Å². The average Bonchev–Trinajstić information content (AvgIpc) is 2.64. The van der Waals surface area contributed by atoms with E-state index >= 15 is 0 Å². The molecule has 0 heterocycles. The van der Waals surface area contributed by atoms with E-state index in [-0.39, 0.29) is 0 Å². The van der Waals surface area contributed by atoms with Crippen LogP contribution in [0.15, 0.2) is 25.8 Å². The van der Waals surface area contributed by atoms with Gasteiger partial charge in [-0.3, -0.25) is 0 Å². The summed E-state index contributed by atoms with van der Waals surface area (Å²) in [6.07, 6.45) is 14.7. The van der Waals surface area contributed by atoms with Crippen LogP contribution in [0.1, 0.15) is 113 Å². The molecular formula is C23H50. The third kappa shape index (κ3) is 19.4. The van der Waals surface area contributed by atoms with Crippen LogP contribution in [0.2, 0.25) is 0 Å². The second-order valence-corrected chi connectivity index (χ2v) is 5.92. The molecule has 0 aromatic rings. The molecule has 0 N–H and O–H groups in total. The standard InChI is InChI=1S/C10H18.C7H16.2C2H6.C2H4/c1-4-10(3)8-6-5-7-9(10)2;1-3-5-7-6-4-2;3*1-2/h4,9H,1,5-8H2,2-3H3;3-7H2,1-2H3;2*1-2H3;1-2H2. The molecule has 1 saturated carbocycles. The minimum absolute atomic E-state index is 0.443. The van der Waals surface area contributed by atoms with Gasteiger partial charge in [0.2, 0.25) is 0 Å². The first-order valence-electron chi connectivity index (χ1n) is 10.2. The van der Waals surface area contributed by atoms with Crippen LogP contribution in [0.5, 0.6) is 0 Å². The number of unbranched alkanes of at least 4 members (excludes halogenated alkanes) is 4. The quantitative estimate of drug-likeness (QED) is 0.349. The first-order valence-corrected chi connectivity index (χ1v) is 10.2. The third-order valence-electron chi connectivity index (χ3n) is 4.40. The molecule has 142 valence electrons. The van der Waals surface area contributed by atoms with Gasteiger partial charge in [0, 0.05) is 0 Å². The monoisotopic (exact) mass is 326 g/mol. The van der Waals surface area contributed by atoms with Crippen LogP contribution >= 0.6 is 0 Å². The fraction of sp³-hybridized carbons (Fsp3) is 0.826. The maximum Gasteiger partial charge on any atom is -0.0124 e. The third-order valence-corrected chi connectivity index (χ3v) is 4.40. The average molecular weight is 327 g/mol. The molecule has 1 aliphatic carbocycles. The maximum atomic E-state index is 3.91. The first-order chi connectivity index (χ1) is 11.1. The van der Waals surface area contributed by atoms with Crippen LogP contribution in [0, 0.1) is 11.3 Å². The van der Waals surface area contributed by atoms with Gasteiger partial charge in [0.15, 0.2) is 0 Å². The predicted molar refractivity (Wildman–Crippen MR) is 114 cm³/mol. The highest BCUT2D eigenvalue weighted by molar-refractivity contribution is 4.96. The Balaban J connectivity index is -0.000000122. The van der Waals surface area contributed by atoms with Crippen LogP contribution in [-0.2, 0) is 0 Å². The summed E-state index contributed by atoms with van der Waals surface area (Å²) in [6.45, 7) is 27.1. The molecule has 0 amide bonds. The Hall–Kier alpha value is -0.520. The van der Waals surface area contributed by atoms with Crippen molar-refractivity contribution in [3.05, 3.63) is 25.8 Å². The molecule has 23 heavy (non-hydrogen) atoms. The molecule has 1 fully saturated rings. The number of rotatable bonds is 5. The zero-order valence-corrected chi connectivity index (χ0v) is 18.1. The highest BCUT2D eigenvalue weighted by Crippen LogP contribution is 2.41. The van der Waals surface area contributed by atoms with Crippen molar-refractivity contribution in [1.29, 1.82) is 0 Å². The topological polar surface area (TPSA) is 0 Å². The Bertz CT molecular complexity index is 190. The number of hydrogen-bond donors (Lipinski definition) is 0. The minimum atomic E-state index is 0.443. The molecular weight excluding hydrogens is 276 g/mol. The van der Waals surface area contributed by atoms with Crippen LogP contribution in [0.25, 0.3) is 0 Å². The van der Waals surface area contributed by atoms with Crippen molar-refractivity contribution >= 4 is 0 Å². The maximum absolute atomic E-state index is 3.91. The van der Waals surface area contributed by atoms with Crippen molar-refractivity contribution in [3.63, 3.8) is 0 Å². The van der Waals surface area contributed by atoms with Gasteiger partial charge in [0.25, 0.3) is 0 Å². The summed E-state index contributed by atoms with van der Waals surface area (Å²) in [5.41, 5.74) is 0.443. The highest BCUT2D eigenvalue weighted by Gasteiger charge is 2.29. The SMILES string of the molecule is C=C.C=CC1(C)CCCCC1C.CC.CC.CCCCCCC. The van der Waals surface area contributed by atoms with E-state index in [1.54, 1.807) is 0 Å². The van der Waals surface area contributed by atoms with E-state index in [0.717, 1.165) is 5.92 Å². The second kappa shape index (κ2) is 26.4. The van der Waals surface area contributed by atoms with Crippen molar-refractivity contribution in [2.45, 2.75) is 113 Å². The van der Waals surface area contributed by atoms with Gasteiger partial charge >= 0.3 is 0 Å². The smallest absolute Gasteiger partial charge is 0.0124 e. The molecule has 1 rings (SSSR count). The van der Waals surface area contributed by atoms with Crippen molar-refractivity contribution in [2.75, 3.05) is 0 Å². The van der Waals surface area contributed by atoms with Crippen LogP contribution in [0.3, 0.4) is 0 Å². The van der Waals surface area contributed by atoms with Crippen molar-refractivity contribution in [3.8, 4) is 0 Å². The molecule has 1 aliphatic rings. The van der Waals surface area contributed by atoms with E-state index in [2.05, 4.69) is 53.5 Å². The summed E-state index contributed by atoms with van der Waals surface area (Å²) in [5, 5.41) is 0. The lowest BCUT2D eigenvalue weighted by Gasteiger charge is -2.36. The summed E-state index contributed by atoms with van der Waals surface area (Å²) in [6, 6.07) is 0. The molecule has 0 spiro atoms. The summed E-state index contributed by atoms with van der Waals surface area (Å²) in [7, 11) is 0. The van der Waals surface area contributed by atoms with Gasteiger partial charge in [0.1, 0.15) is 0 Å². The Kier molecular flexibility index (Phi) is 34.8. The van der Waals surface area contributed by atoms with Gasteiger partial charge in [-0.15, -0.1) is 19.7 Å². The summed E-state index contributed by atoms with van der Waals surface area (Å²) in [4.78, 5) is 0. The molecule has 2 unspecified atom stereocenters. The van der Waals surface area contributed by atoms with Crippen molar-refractivity contribution in [2.24, 2.45) is 11.3 Å². The lowest BCUT2D eigenvalue weighted by Crippen LogP contribution is -2.26. The van der Waals surface area contributed by atoms with E-state index in [4.69, 9.17) is 0 Å². The Labute approximate surface area is 150 Å². The van der Waals surface area contributed by atoms with Crippen LogP contribution < -0.4 is 0 Å². The zero-order valence-electron chi connectivity index (χ0n) is 18.1. The molecule has 2 atom stereocenters. The largest absolute Gasteiger partial charge is 0.106 e. The first kappa shape index (κ1) is 30.4. The van der Waals surface area contributed by atoms with Gasteiger partial charge in [-0.25, -0.2) is 0 Å². The second-order valence-electron chi connectivity index (χ2n) is 5.92. The van der Waals surface area contributed by atoms with Crippen molar-refractivity contribution < 1.29 is 0 Å². The highest BCUT2D eigenvalue weighted by atomic mass is 14.3. The van der Waals surface area contributed by atoms with Gasteiger partial charge < -0.3 is 0 Å². The molecule has 0 aromatic heterocycles. The lowest BCUT2D eigenvalue weighted by molar-refractivity contribution is 0.190. The summed E-state index contributed by atoms with van der Waals surface area (Å²) < 4.78 is 0. The Morgan fingerprint density at radius 2 is 1.35 bits per heavy atom. The number of allylic oxidation sites excluding steroid dienone is 1. The normalized spacial score (nSPS) is 21.5. The molecule has 0 nitrogen and oxygen atoms in total. The van der Waals surface area contributed by atoms with E-state index in [0.29, 0.717) is 5.41 Å². The van der Waals surface area contributed by atoms with E-state index in [1.807, 2.05) is 27.7 Å². The molecule has 0 heteroatoms. The van der Waals surface area contributed by atoms with Crippen molar-refractivity contribution in [1.82, 2.24) is 0 Å². The zero-order chi connectivity index (χ0) is 19.1. The molecule has 0 aliphatic heterocycles. The minimum Gasteiger partial charge on any atom is -0.106 e. The molecule has 0 aromatic carbocycles. The van der Waals surface area contributed by atoms with Crippen LogP contribution in [-0.4, -0.2) is 0 Å². The van der Waals surface area contributed by atoms with Crippen LogP contribution in [0.4, 0.5) is 0 Å². The fourth-order valence-electron chi connectivity index (χ4n) is 2.51. The molecule has 0 bridgehead atoms. The van der Waals surface area contributed by atoms with Gasteiger partial charge in [-0.05, 0) is 24.2 Å².